The number of nitrogens with one attached hydrogen (secondary N) is 2. The van der Waals surface area contributed by atoms with Crippen LogP contribution < -0.4 is 0 Å². The molecule has 0 atom stereocenters. The standard InChI is InChI=1S/C21H19N3O/c1-13-6-7-18-15(10-13)16-12-24(9-8-19(16)23-18)21(25)20-11-14-4-2-3-5-17(14)22-20/h2-7,10-11,22-23H,8-9,12H2,1H3. The zero-order chi connectivity index (χ0) is 17.0. The number of benzene rings is 2. The van der Waals surface area contributed by atoms with Gasteiger partial charge in [-0.05, 0) is 31.2 Å². The van der Waals surface area contributed by atoms with Gasteiger partial charge in [-0.1, -0.05) is 29.8 Å². The maximum Gasteiger partial charge on any atom is 0.270 e. The minimum atomic E-state index is 0.0730. The maximum absolute atomic E-state index is 13.0. The van der Waals surface area contributed by atoms with E-state index in [1.165, 1.54) is 22.2 Å². The van der Waals surface area contributed by atoms with Gasteiger partial charge in [0.05, 0.1) is 0 Å². The van der Waals surface area contributed by atoms with Crippen LogP contribution in [0.5, 0.6) is 0 Å². The van der Waals surface area contributed by atoms with E-state index in [9.17, 15) is 4.79 Å². The third-order valence-corrected chi connectivity index (χ3v) is 5.18. The number of para-hydroxylation sites is 1. The molecule has 0 unspecified atom stereocenters. The Morgan fingerprint density at radius 1 is 1.04 bits per heavy atom. The van der Waals surface area contributed by atoms with E-state index in [1.807, 2.05) is 35.2 Å². The van der Waals surface area contributed by atoms with Crippen LogP contribution in [-0.4, -0.2) is 27.3 Å². The molecule has 0 spiro atoms. The second-order valence-electron chi connectivity index (χ2n) is 6.88. The molecule has 4 nitrogen and oxygen atoms in total. The smallest absolute Gasteiger partial charge is 0.270 e. The maximum atomic E-state index is 13.0. The second-order valence-corrected chi connectivity index (χ2v) is 6.88. The average Bonchev–Trinajstić information content (AvgIpc) is 3.21. The van der Waals surface area contributed by atoms with Gasteiger partial charge in [-0.15, -0.1) is 0 Å². The number of aryl methyl sites for hydroxylation is 1. The summed E-state index contributed by atoms with van der Waals surface area (Å²) in [4.78, 5) is 21.7. The molecule has 0 saturated carbocycles. The Hall–Kier alpha value is -3.01. The van der Waals surface area contributed by atoms with E-state index in [0.29, 0.717) is 12.2 Å². The molecule has 1 aliphatic rings. The molecule has 2 aromatic carbocycles. The van der Waals surface area contributed by atoms with Gasteiger partial charge in [0.15, 0.2) is 0 Å². The molecule has 4 heteroatoms. The Balaban J connectivity index is 1.51. The summed E-state index contributed by atoms with van der Waals surface area (Å²) in [6, 6.07) is 16.4. The first-order valence-corrected chi connectivity index (χ1v) is 8.66. The van der Waals surface area contributed by atoms with Crippen LogP contribution in [0.1, 0.15) is 27.3 Å². The molecule has 4 aromatic rings. The third kappa shape index (κ3) is 2.25. The zero-order valence-electron chi connectivity index (χ0n) is 14.1. The van der Waals surface area contributed by atoms with Crippen LogP contribution in [0.3, 0.4) is 0 Å². The molecule has 0 bridgehead atoms. The van der Waals surface area contributed by atoms with Crippen molar-refractivity contribution in [2.45, 2.75) is 19.9 Å². The lowest BCUT2D eigenvalue weighted by atomic mass is 10.0. The molecule has 0 aliphatic carbocycles. The van der Waals surface area contributed by atoms with Crippen LogP contribution in [0.4, 0.5) is 0 Å². The van der Waals surface area contributed by atoms with Crippen molar-refractivity contribution in [2.75, 3.05) is 6.54 Å². The number of hydrogen-bond donors (Lipinski definition) is 2. The Kier molecular flexibility index (Phi) is 3.01. The summed E-state index contributed by atoms with van der Waals surface area (Å²) >= 11 is 0. The minimum Gasteiger partial charge on any atom is -0.358 e. The fraction of sp³-hybridized carbons (Fsp3) is 0.190. The summed E-state index contributed by atoms with van der Waals surface area (Å²) in [5.74, 6) is 0.0730. The molecule has 3 heterocycles. The van der Waals surface area contributed by atoms with E-state index in [1.54, 1.807) is 0 Å². The first-order chi connectivity index (χ1) is 12.2. The number of hydrogen-bond acceptors (Lipinski definition) is 1. The van der Waals surface area contributed by atoms with Crippen molar-refractivity contribution < 1.29 is 4.79 Å². The first-order valence-electron chi connectivity index (χ1n) is 8.66. The molecule has 1 amide bonds. The average molecular weight is 329 g/mol. The van der Waals surface area contributed by atoms with Gasteiger partial charge in [0.2, 0.25) is 0 Å². The third-order valence-electron chi connectivity index (χ3n) is 5.18. The molecule has 124 valence electrons. The number of aromatic amines is 2. The number of carbonyl (C=O) groups excluding carboxylic acids is 1. The second kappa shape index (κ2) is 5.24. The lowest BCUT2D eigenvalue weighted by molar-refractivity contribution is 0.0730. The highest BCUT2D eigenvalue weighted by atomic mass is 16.2. The van der Waals surface area contributed by atoms with E-state index < -0.39 is 0 Å². The van der Waals surface area contributed by atoms with Gasteiger partial charge < -0.3 is 14.9 Å². The minimum absolute atomic E-state index is 0.0730. The number of rotatable bonds is 1. The lowest BCUT2D eigenvalue weighted by Gasteiger charge is -2.27. The normalized spacial score (nSPS) is 14.2. The number of carbonyl (C=O) groups is 1. The fourth-order valence-corrected chi connectivity index (χ4v) is 3.86. The highest BCUT2D eigenvalue weighted by Gasteiger charge is 2.25. The topological polar surface area (TPSA) is 51.9 Å². The van der Waals surface area contributed by atoms with Crippen LogP contribution >= 0.6 is 0 Å². The van der Waals surface area contributed by atoms with Crippen molar-refractivity contribution in [1.82, 2.24) is 14.9 Å². The van der Waals surface area contributed by atoms with Crippen molar-refractivity contribution >= 4 is 27.7 Å². The van der Waals surface area contributed by atoms with Crippen LogP contribution in [0.15, 0.2) is 48.5 Å². The van der Waals surface area contributed by atoms with Crippen molar-refractivity contribution in [3.8, 4) is 0 Å². The van der Waals surface area contributed by atoms with E-state index in [-0.39, 0.29) is 5.91 Å². The van der Waals surface area contributed by atoms with Gasteiger partial charge in [-0.25, -0.2) is 0 Å². The SMILES string of the molecule is Cc1ccc2[nH]c3c(c2c1)CN(C(=O)c1cc2ccccc2[nH]1)CC3. The van der Waals surface area contributed by atoms with Gasteiger partial charge >= 0.3 is 0 Å². The molecule has 2 aromatic heterocycles. The summed E-state index contributed by atoms with van der Waals surface area (Å²) in [5.41, 5.74) is 6.60. The highest BCUT2D eigenvalue weighted by molar-refractivity contribution is 5.98. The highest BCUT2D eigenvalue weighted by Crippen LogP contribution is 2.29. The Bertz CT molecular complexity index is 1090. The molecule has 25 heavy (non-hydrogen) atoms. The predicted molar refractivity (Wildman–Crippen MR) is 99.8 cm³/mol. The largest absolute Gasteiger partial charge is 0.358 e. The van der Waals surface area contributed by atoms with Gasteiger partial charge in [-0.3, -0.25) is 4.79 Å². The summed E-state index contributed by atoms with van der Waals surface area (Å²) < 4.78 is 0. The van der Waals surface area contributed by atoms with Crippen molar-refractivity contribution in [2.24, 2.45) is 0 Å². The molecule has 0 fully saturated rings. The van der Waals surface area contributed by atoms with E-state index in [0.717, 1.165) is 29.4 Å². The Morgan fingerprint density at radius 3 is 2.80 bits per heavy atom. The lowest BCUT2D eigenvalue weighted by Crippen LogP contribution is -2.35. The zero-order valence-corrected chi connectivity index (χ0v) is 14.1. The summed E-state index contributed by atoms with van der Waals surface area (Å²) in [7, 11) is 0. The molecule has 0 radical (unpaired) electrons. The van der Waals surface area contributed by atoms with E-state index in [2.05, 4.69) is 35.1 Å². The van der Waals surface area contributed by atoms with Crippen LogP contribution in [-0.2, 0) is 13.0 Å². The predicted octanol–water partition coefficient (Wildman–Crippen LogP) is 4.16. The van der Waals surface area contributed by atoms with Gasteiger partial charge in [0.25, 0.3) is 5.91 Å². The molecule has 5 rings (SSSR count). The number of nitrogens with zero attached hydrogens (tertiary/aromatic N) is 1. The van der Waals surface area contributed by atoms with Crippen molar-refractivity contribution in [3.63, 3.8) is 0 Å². The number of amides is 1. The summed E-state index contributed by atoms with van der Waals surface area (Å²) in [5, 5.41) is 2.32. The molecule has 1 aliphatic heterocycles. The molecule has 2 N–H and O–H groups in total. The first kappa shape index (κ1) is 14.3. The molecule has 0 saturated heterocycles. The number of H-pyrrole nitrogens is 2. The number of aromatic nitrogens is 2. The quantitative estimate of drug-likeness (QED) is 0.541. The summed E-state index contributed by atoms with van der Waals surface area (Å²) in [6.07, 6.45) is 0.870. The summed E-state index contributed by atoms with van der Waals surface area (Å²) in [6.45, 7) is 3.51. The fourth-order valence-electron chi connectivity index (χ4n) is 3.86. The van der Waals surface area contributed by atoms with Gasteiger partial charge in [0.1, 0.15) is 5.69 Å². The van der Waals surface area contributed by atoms with Crippen molar-refractivity contribution in [3.05, 3.63) is 71.0 Å². The van der Waals surface area contributed by atoms with Crippen LogP contribution in [0.2, 0.25) is 0 Å². The molecular formula is C21H19N3O. The van der Waals surface area contributed by atoms with Gasteiger partial charge in [-0.2, -0.15) is 0 Å². The number of fused-ring (bicyclic) bond motifs is 4. The van der Waals surface area contributed by atoms with Crippen molar-refractivity contribution in [1.29, 1.82) is 0 Å². The monoisotopic (exact) mass is 329 g/mol. The Labute approximate surface area is 145 Å². The van der Waals surface area contributed by atoms with Crippen LogP contribution in [0.25, 0.3) is 21.8 Å². The van der Waals surface area contributed by atoms with E-state index >= 15 is 0 Å². The Morgan fingerprint density at radius 2 is 1.92 bits per heavy atom. The van der Waals surface area contributed by atoms with Gasteiger partial charge in [0, 0.05) is 52.6 Å². The molecular weight excluding hydrogens is 310 g/mol. The van der Waals surface area contributed by atoms with E-state index in [4.69, 9.17) is 0 Å². The van der Waals surface area contributed by atoms with Crippen LogP contribution in [0, 0.1) is 6.92 Å².